The molecule has 0 aromatic rings. The normalized spacial score (nSPS) is 39.7. The maximum atomic E-state index is 15.9. The molecule has 0 aromatic heterocycles. The van der Waals surface area contributed by atoms with E-state index in [0.717, 1.165) is 45.1 Å². The molecule has 2 saturated heterocycles. The maximum Gasteiger partial charge on any atom is 0.391 e. The first-order valence-electron chi connectivity index (χ1n) is 13.7. The van der Waals surface area contributed by atoms with Gasteiger partial charge in [-0.1, -0.05) is 0 Å². The number of hydrogen-bond donors (Lipinski definition) is 4. The molecule has 4 fully saturated rings. The van der Waals surface area contributed by atoms with E-state index in [-0.39, 0.29) is 30.9 Å². The molecule has 0 radical (unpaired) electrons. The lowest BCUT2D eigenvalue weighted by atomic mass is 9.77. The van der Waals surface area contributed by atoms with Crippen molar-refractivity contribution in [1.82, 2.24) is 20.9 Å². The molecular formula is C25H43F4N5O2. The first-order valence-corrected chi connectivity index (χ1v) is 13.7. The Morgan fingerprint density at radius 3 is 2.39 bits per heavy atom. The van der Waals surface area contributed by atoms with Crippen molar-refractivity contribution in [3.8, 4) is 0 Å². The fraction of sp³-hybridized carbons (Fsp3) is 0.960. The number of carbonyl (C=O) groups excluding carboxylic acids is 1. The van der Waals surface area contributed by atoms with Crippen LogP contribution < -0.4 is 21.7 Å². The monoisotopic (exact) mass is 521 g/mol. The van der Waals surface area contributed by atoms with Crippen LogP contribution in [0, 0.1) is 17.8 Å². The molecule has 4 unspecified atom stereocenters. The van der Waals surface area contributed by atoms with E-state index in [1.165, 1.54) is 0 Å². The van der Waals surface area contributed by atoms with E-state index in [4.69, 9.17) is 10.5 Å². The molecule has 2 heterocycles. The number of nitrogens with zero attached hydrogens (tertiary/aromatic N) is 1. The van der Waals surface area contributed by atoms with Gasteiger partial charge in [-0.25, -0.2) is 4.39 Å². The summed E-state index contributed by atoms with van der Waals surface area (Å²) in [5, 5.41) is 9.49. The molecule has 5 atom stereocenters. The predicted molar refractivity (Wildman–Crippen MR) is 128 cm³/mol. The summed E-state index contributed by atoms with van der Waals surface area (Å²) >= 11 is 0. The molecule has 4 rings (SSSR count). The van der Waals surface area contributed by atoms with Gasteiger partial charge >= 0.3 is 6.18 Å². The molecule has 0 aromatic carbocycles. The fourth-order valence-corrected chi connectivity index (χ4v) is 7.05. The summed E-state index contributed by atoms with van der Waals surface area (Å²) in [6.45, 7) is 1.09. The zero-order chi connectivity index (χ0) is 25.9. The van der Waals surface area contributed by atoms with Crippen LogP contribution in [0.3, 0.4) is 0 Å². The largest absolute Gasteiger partial charge is 0.391 e. The number of nitrogens with one attached hydrogen (secondary N) is 3. The number of halogens is 4. The number of hydrogen-bond acceptors (Lipinski definition) is 6. The number of methoxy groups -OCH3 is 1. The molecule has 2 saturated carbocycles. The summed E-state index contributed by atoms with van der Waals surface area (Å²) < 4.78 is 60.7. The number of rotatable bonds is 8. The molecule has 2 aliphatic heterocycles. The van der Waals surface area contributed by atoms with Crippen LogP contribution >= 0.6 is 0 Å². The third-order valence-corrected chi connectivity index (χ3v) is 9.15. The topological polar surface area (TPSA) is 91.7 Å². The molecule has 0 spiro atoms. The van der Waals surface area contributed by atoms with E-state index in [2.05, 4.69) is 20.9 Å². The Kier molecular flexibility index (Phi) is 9.52. The third-order valence-electron chi connectivity index (χ3n) is 9.15. The molecule has 4 aliphatic rings. The van der Waals surface area contributed by atoms with Crippen LogP contribution in [0.2, 0.25) is 0 Å². The van der Waals surface area contributed by atoms with Crippen molar-refractivity contribution in [1.29, 1.82) is 0 Å². The van der Waals surface area contributed by atoms with Crippen LogP contribution in [0.5, 0.6) is 0 Å². The van der Waals surface area contributed by atoms with Crippen molar-refractivity contribution in [3.63, 3.8) is 0 Å². The van der Waals surface area contributed by atoms with Crippen molar-refractivity contribution in [2.75, 3.05) is 20.3 Å². The number of carbonyl (C=O) groups is 1. The standard InChI is InChI=1S/C25H43F4N5O2/c1-36-18-10-4-15(5-11-18)13-19(22(30)35)33-23-21(26)24(32-14-31-23)34-12-2-3-20(34)16-6-8-17(9-7-16)25(27,28)29/h15-21,23-24,31-33H,2-14H2,1H3,(H2,30,35)/t15?,16?,17?,18?,19-,20?,21?,23?,24?/m1/s1. The van der Waals surface area contributed by atoms with Gasteiger partial charge in [-0.3, -0.25) is 25.6 Å². The minimum absolute atomic E-state index is 0.0802. The first kappa shape index (κ1) is 28.0. The van der Waals surface area contributed by atoms with Gasteiger partial charge in [-0.15, -0.1) is 0 Å². The fourth-order valence-electron chi connectivity index (χ4n) is 7.05. The lowest BCUT2D eigenvalue weighted by molar-refractivity contribution is -0.185. The minimum Gasteiger partial charge on any atom is -0.381 e. The summed E-state index contributed by atoms with van der Waals surface area (Å²) in [7, 11) is 1.72. The smallest absolute Gasteiger partial charge is 0.381 e. The molecule has 36 heavy (non-hydrogen) atoms. The van der Waals surface area contributed by atoms with E-state index < -0.39 is 42.5 Å². The molecule has 11 heteroatoms. The van der Waals surface area contributed by atoms with Gasteiger partial charge in [0.2, 0.25) is 5.91 Å². The maximum absolute atomic E-state index is 15.9. The summed E-state index contributed by atoms with van der Waals surface area (Å²) in [6.07, 6.45) is 1.08. The van der Waals surface area contributed by atoms with E-state index >= 15 is 4.39 Å². The molecule has 1 amide bonds. The number of alkyl halides is 4. The molecular weight excluding hydrogens is 478 g/mol. The Bertz CT molecular complexity index is 713. The highest BCUT2D eigenvalue weighted by Crippen LogP contribution is 2.43. The number of primary amides is 1. The quantitative estimate of drug-likeness (QED) is 0.367. The molecule has 2 aliphatic carbocycles. The van der Waals surface area contributed by atoms with Crippen LogP contribution in [0.25, 0.3) is 0 Å². The molecule has 5 N–H and O–H groups in total. The first-order chi connectivity index (χ1) is 17.2. The lowest BCUT2D eigenvalue weighted by Crippen LogP contribution is -2.71. The number of likely N-dealkylation sites (tertiary alicyclic amines) is 1. The Morgan fingerprint density at radius 2 is 1.78 bits per heavy atom. The number of amides is 1. The molecule has 208 valence electrons. The summed E-state index contributed by atoms with van der Waals surface area (Å²) in [6, 6.07) is -0.549. The van der Waals surface area contributed by atoms with Crippen molar-refractivity contribution in [3.05, 3.63) is 0 Å². The Hall–Kier alpha value is -1.01. The Balaban J connectivity index is 1.34. The number of ether oxygens (including phenoxy) is 1. The van der Waals surface area contributed by atoms with Crippen molar-refractivity contribution >= 4 is 5.91 Å². The van der Waals surface area contributed by atoms with Gasteiger partial charge in [-0.05, 0) is 82.5 Å². The number of nitrogens with two attached hydrogens (primary N) is 1. The SMILES string of the molecule is COC1CCC(C[C@@H](NC2NCNC(N3CCCC3C3CCC(C(F)(F)F)CC3)C2F)C(N)=O)CC1. The second kappa shape index (κ2) is 12.2. The zero-order valence-electron chi connectivity index (χ0n) is 21.2. The highest BCUT2D eigenvalue weighted by Gasteiger charge is 2.47. The Morgan fingerprint density at radius 1 is 1.08 bits per heavy atom. The van der Waals surface area contributed by atoms with Gasteiger partial charge in [0.1, 0.15) is 0 Å². The lowest BCUT2D eigenvalue weighted by Gasteiger charge is -2.45. The summed E-state index contributed by atoms with van der Waals surface area (Å²) in [5.74, 6) is -1.19. The highest BCUT2D eigenvalue weighted by atomic mass is 19.4. The van der Waals surface area contributed by atoms with Gasteiger partial charge in [-0.2, -0.15) is 13.2 Å². The van der Waals surface area contributed by atoms with Crippen LogP contribution in [0.1, 0.15) is 70.6 Å². The van der Waals surface area contributed by atoms with Crippen LogP contribution in [0.4, 0.5) is 17.6 Å². The van der Waals surface area contributed by atoms with Gasteiger partial charge in [0.05, 0.1) is 30.4 Å². The highest BCUT2D eigenvalue weighted by molar-refractivity contribution is 5.79. The third kappa shape index (κ3) is 6.70. The van der Waals surface area contributed by atoms with Gasteiger partial charge in [0.25, 0.3) is 0 Å². The molecule has 0 bridgehead atoms. The van der Waals surface area contributed by atoms with Gasteiger partial charge in [0, 0.05) is 26.4 Å². The molecule has 7 nitrogen and oxygen atoms in total. The average molecular weight is 522 g/mol. The minimum atomic E-state index is -4.13. The average Bonchev–Trinajstić information content (AvgIpc) is 3.34. The second-order valence-corrected chi connectivity index (χ2v) is 11.3. The van der Waals surface area contributed by atoms with Crippen LogP contribution in [-0.2, 0) is 9.53 Å². The van der Waals surface area contributed by atoms with E-state index in [9.17, 15) is 18.0 Å². The van der Waals surface area contributed by atoms with E-state index in [1.807, 2.05) is 0 Å². The van der Waals surface area contributed by atoms with Gasteiger partial charge in [0.15, 0.2) is 6.17 Å². The van der Waals surface area contributed by atoms with Crippen LogP contribution in [0.15, 0.2) is 0 Å². The Labute approximate surface area is 211 Å². The van der Waals surface area contributed by atoms with E-state index in [0.29, 0.717) is 31.8 Å². The van der Waals surface area contributed by atoms with Crippen molar-refractivity contribution in [2.24, 2.45) is 23.5 Å². The van der Waals surface area contributed by atoms with Crippen molar-refractivity contribution in [2.45, 2.75) is 113 Å². The van der Waals surface area contributed by atoms with Crippen molar-refractivity contribution < 1.29 is 27.1 Å². The second-order valence-electron chi connectivity index (χ2n) is 11.3. The zero-order valence-corrected chi connectivity index (χ0v) is 21.2. The van der Waals surface area contributed by atoms with Gasteiger partial charge < -0.3 is 10.5 Å². The summed E-state index contributed by atoms with van der Waals surface area (Å²) in [5.41, 5.74) is 5.71. The predicted octanol–water partition coefficient (Wildman–Crippen LogP) is 3.00. The van der Waals surface area contributed by atoms with E-state index in [1.54, 1.807) is 7.11 Å². The summed E-state index contributed by atoms with van der Waals surface area (Å²) in [4.78, 5) is 14.4. The van der Waals surface area contributed by atoms with Crippen LogP contribution in [-0.4, -0.2) is 74.0 Å².